The number of nitrogens with one attached hydrogen (secondary N) is 2. The molecule has 1 aliphatic rings. The number of anilines is 1. The van der Waals surface area contributed by atoms with Crippen LogP contribution in [0.15, 0.2) is 24.3 Å². The van der Waals surface area contributed by atoms with Crippen molar-refractivity contribution in [3.63, 3.8) is 0 Å². The lowest BCUT2D eigenvalue weighted by Gasteiger charge is -2.12. The van der Waals surface area contributed by atoms with E-state index >= 15 is 0 Å². The molecule has 1 heterocycles. The van der Waals surface area contributed by atoms with Gasteiger partial charge in [-0.25, -0.2) is 4.79 Å². The Morgan fingerprint density at radius 1 is 1.10 bits per heavy atom. The number of hydrogen-bond donors (Lipinski definition) is 2. The van der Waals surface area contributed by atoms with Crippen LogP contribution in [-0.4, -0.2) is 25.0 Å². The van der Waals surface area contributed by atoms with E-state index in [2.05, 4.69) is 29.2 Å². The molecule has 1 aliphatic carbocycles. The minimum absolute atomic E-state index is 0.187. The van der Waals surface area contributed by atoms with Gasteiger partial charge < -0.3 is 10.1 Å². The molecule has 6 nitrogen and oxygen atoms in total. The van der Waals surface area contributed by atoms with Gasteiger partial charge in [-0.05, 0) is 48.3 Å². The molecule has 0 fully saturated rings. The molecular formula is C22H26N2O4S. The van der Waals surface area contributed by atoms with Crippen molar-refractivity contribution in [3.8, 4) is 0 Å². The summed E-state index contributed by atoms with van der Waals surface area (Å²) < 4.78 is 4.53. The zero-order valence-corrected chi connectivity index (χ0v) is 17.8. The standard InChI is InChI=1S/C22H26N2O4S/c1-13(2)15-10-8-14(9-11-15)12-18(25)23-21-19(20(26)24-22(27)28-3)16-6-4-5-7-17(16)29-21/h8-11,13H,4-7,12H2,1-3H3,(H,23,25)(H,24,26,27). The second-order valence-electron chi connectivity index (χ2n) is 7.48. The fourth-order valence-corrected chi connectivity index (χ4v) is 4.78. The monoisotopic (exact) mass is 414 g/mol. The number of carbonyl (C=O) groups excluding carboxylic acids is 3. The number of ether oxygens (including phenoxy) is 1. The Morgan fingerprint density at radius 2 is 1.79 bits per heavy atom. The average Bonchev–Trinajstić information content (AvgIpc) is 3.05. The lowest BCUT2D eigenvalue weighted by atomic mass is 9.95. The van der Waals surface area contributed by atoms with E-state index in [1.807, 2.05) is 24.3 Å². The summed E-state index contributed by atoms with van der Waals surface area (Å²) in [7, 11) is 1.21. The summed E-state index contributed by atoms with van der Waals surface area (Å²) in [4.78, 5) is 37.9. The fourth-order valence-electron chi connectivity index (χ4n) is 3.48. The highest BCUT2D eigenvalue weighted by molar-refractivity contribution is 7.17. The SMILES string of the molecule is COC(=O)NC(=O)c1c(NC(=O)Cc2ccc(C(C)C)cc2)sc2c1CCCC2. The minimum Gasteiger partial charge on any atom is -0.453 e. The van der Waals surface area contributed by atoms with Crippen LogP contribution in [0.3, 0.4) is 0 Å². The highest BCUT2D eigenvalue weighted by Crippen LogP contribution is 2.38. The first-order chi connectivity index (χ1) is 13.9. The molecule has 2 N–H and O–H groups in total. The number of aryl methyl sites for hydroxylation is 1. The van der Waals surface area contributed by atoms with E-state index < -0.39 is 12.0 Å². The number of benzene rings is 1. The Balaban J connectivity index is 1.78. The van der Waals surface area contributed by atoms with E-state index in [1.54, 1.807) is 0 Å². The van der Waals surface area contributed by atoms with E-state index in [0.29, 0.717) is 16.5 Å². The molecule has 3 rings (SSSR count). The van der Waals surface area contributed by atoms with Gasteiger partial charge in [-0.2, -0.15) is 0 Å². The smallest absolute Gasteiger partial charge is 0.413 e. The topological polar surface area (TPSA) is 84.5 Å². The van der Waals surface area contributed by atoms with Crippen LogP contribution in [0, 0.1) is 0 Å². The van der Waals surface area contributed by atoms with Crippen LogP contribution < -0.4 is 10.6 Å². The Morgan fingerprint density at radius 3 is 2.45 bits per heavy atom. The first-order valence-corrected chi connectivity index (χ1v) is 10.6. The van der Waals surface area contributed by atoms with Gasteiger partial charge in [0, 0.05) is 4.88 Å². The quantitative estimate of drug-likeness (QED) is 0.758. The van der Waals surface area contributed by atoms with Gasteiger partial charge in [-0.1, -0.05) is 38.1 Å². The highest BCUT2D eigenvalue weighted by atomic mass is 32.1. The zero-order chi connectivity index (χ0) is 21.0. The second kappa shape index (κ2) is 9.22. The summed E-state index contributed by atoms with van der Waals surface area (Å²) in [5.41, 5.74) is 3.45. The lowest BCUT2D eigenvalue weighted by molar-refractivity contribution is -0.115. The number of hydrogen-bond acceptors (Lipinski definition) is 5. The maximum absolute atomic E-state index is 12.7. The van der Waals surface area contributed by atoms with Crippen molar-refractivity contribution in [2.75, 3.05) is 12.4 Å². The number of rotatable bonds is 5. The van der Waals surface area contributed by atoms with Gasteiger partial charge in [0.25, 0.3) is 5.91 Å². The Kier molecular flexibility index (Phi) is 6.69. The van der Waals surface area contributed by atoms with Gasteiger partial charge in [0.05, 0.1) is 19.1 Å². The summed E-state index contributed by atoms with van der Waals surface area (Å²) in [5.74, 6) is -0.285. The molecule has 0 saturated heterocycles. The van der Waals surface area contributed by atoms with E-state index in [-0.39, 0.29) is 12.3 Å². The molecule has 0 radical (unpaired) electrons. The van der Waals surface area contributed by atoms with Gasteiger partial charge in [-0.3, -0.25) is 14.9 Å². The van der Waals surface area contributed by atoms with Crippen LogP contribution >= 0.6 is 11.3 Å². The molecule has 0 aliphatic heterocycles. The number of methoxy groups -OCH3 is 1. The van der Waals surface area contributed by atoms with E-state index in [0.717, 1.165) is 41.7 Å². The normalized spacial score (nSPS) is 13.0. The molecular weight excluding hydrogens is 388 g/mol. The van der Waals surface area contributed by atoms with Gasteiger partial charge in [0.2, 0.25) is 5.91 Å². The predicted octanol–water partition coefficient (Wildman–Crippen LogP) is 4.43. The first kappa shape index (κ1) is 21.0. The fraction of sp³-hybridized carbons (Fsp3) is 0.409. The summed E-state index contributed by atoms with van der Waals surface area (Å²) in [6, 6.07) is 7.98. The molecule has 29 heavy (non-hydrogen) atoms. The van der Waals surface area contributed by atoms with Crippen LogP contribution in [0.2, 0.25) is 0 Å². The first-order valence-electron chi connectivity index (χ1n) is 9.81. The van der Waals surface area contributed by atoms with Crippen LogP contribution in [-0.2, 0) is 28.8 Å². The van der Waals surface area contributed by atoms with Gasteiger partial charge in [0.15, 0.2) is 0 Å². The van der Waals surface area contributed by atoms with E-state index in [1.165, 1.54) is 24.0 Å². The molecule has 7 heteroatoms. The van der Waals surface area contributed by atoms with Crippen molar-refractivity contribution in [2.45, 2.75) is 51.9 Å². The summed E-state index contributed by atoms with van der Waals surface area (Å²) in [6.07, 6.45) is 3.10. The number of fused-ring (bicyclic) bond motifs is 1. The van der Waals surface area contributed by atoms with Gasteiger partial charge >= 0.3 is 6.09 Å². The van der Waals surface area contributed by atoms with E-state index in [4.69, 9.17) is 0 Å². The van der Waals surface area contributed by atoms with Crippen molar-refractivity contribution >= 4 is 34.2 Å². The van der Waals surface area contributed by atoms with Gasteiger partial charge in [-0.15, -0.1) is 11.3 Å². The van der Waals surface area contributed by atoms with Crippen molar-refractivity contribution in [1.82, 2.24) is 5.32 Å². The molecule has 3 amide bonds. The second-order valence-corrected chi connectivity index (χ2v) is 8.59. The molecule has 1 aromatic carbocycles. The molecule has 154 valence electrons. The minimum atomic E-state index is -0.812. The van der Waals surface area contributed by atoms with Crippen LogP contribution in [0.25, 0.3) is 0 Å². The van der Waals surface area contributed by atoms with Crippen molar-refractivity contribution in [3.05, 3.63) is 51.4 Å². The molecule has 0 bridgehead atoms. The molecule has 0 unspecified atom stereocenters. The molecule has 0 atom stereocenters. The average molecular weight is 415 g/mol. The maximum Gasteiger partial charge on any atom is 0.413 e. The number of thiophene rings is 1. The number of alkyl carbamates (subject to hydrolysis) is 1. The third-order valence-corrected chi connectivity index (χ3v) is 6.27. The number of carbonyl (C=O) groups is 3. The Labute approximate surface area is 174 Å². The van der Waals surface area contributed by atoms with Crippen molar-refractivity contribution in [2.24, 2.45) is 0 Å². The summed E-state index contributed by atoms with van der Waals surface area (Å²) >= 11 is 1.43. The molecule has 0 saturated carbocycles. The number of amides is 3. The molecule has 1 aromatic heterocycles. The van der Waals surface area contributed by atoms with Crippen LogP contribution in [0.4, 0.5) is 9.80 Å². The third kappa shape index (κ3) is 5.03. The van der Waals surface area contributed by atoms with Crippen molar-refractivity contribution < 1.29 is 19.1 Å². The highest BCUT2D eigenvalue weighted by Gasteiger charge is 2.27. The van der Waals surface area contributed by atoms with Crippen molar-refractivity contribution in [1.29, 1.82) is 0 Å². The third-order valence-electron chi connectivity index (χ3n) is 5.06. The predicted molar refractivity (Wildman–Crippen MR) is 114 cm³/mol. The Hall–Kier alpha value is -2.67. The zero-order valence-electron chi connectivity index (χ0n) is 17.0. The number of imide groups is 1. The van der Waals surface area contributed by atoms with Gasteiger partial charge in [0.1, 0.15) is 5.00 Å². The lowest BCUT2D eigenvalue weighted by Crippen LogP contribution is -2.31. The summed E-state index contributed by atoms with van der Waals surface area (Å²) in [6.45, 7) is 4.25. The van der Waals surface area contributed by atoms with E-state index in [9.17, 15) is 14.4 Å². The summed E-state index contributed by atoms with van der Waals surface area (Å²) in [5, 5.41) is 5.61. The maximum atomic E-state index is 12.7. The Bertz CT molecular complexity index is 916. The largest absolute Gasteiger partial charge is 0.453 e. The van der Waals surface area contributed by atoms with Crippen LogP contribution in [0.5, 0.6) is 0 Å². The molecule has 0 spiro atoms. The van der Waals surface area contributed by atoms with Crippen LogP contribution in [0.1, 0.15) is 64.5 Å². The molecule has 2 aromatic rings.